The van der Waals surface area contributed by atoms with Crippen molar-refractivity contribution in [2.45, 2.75) is 17.2 Å². The Balaban J connectivity index is 2.57. The van der Waals surface area contributed by atoms with E-state index in [0.717, 1.165) is 11.3 Å². The van der Waals surface area contributed by atoms with Crippen molar-refractivity contribution in [3.8, 4) is 0 Å². The highest BCUT2D eigenvalue weighted by Gasteiger charge is 2.25. The van der Waals surface area contributed by atoms with Crippen molar-refractivity contribution in [3.05, 3.63) is 11.3 Å². The zero-order valence-corrected chi connectivity index (χ0v) is 9.86. The third kappa shape index (κ3) is 2.07. The first kappa shape index (κ1) is 10.7. The number of fused-ring (bicyclic) bond motifs is 1. The molecule has 7 heteroatoms. The van der Waals surface area contributed by atoms with Crippen LogP contribution in [0.15, 0.2) is 5.03 Å². The van der Waals surface area contributed by atoms with Crippen molar-refractivity contribution in [1.29, 1.82) is 0 Å². The van der Waals surface area contributed by atoms with E-state index >= 15 is 0 Å². The van der Waals surface area contributed by atoms with Gasteiger partial charge in [-0.25, -0.2) is 18.4 Å². The molecule has 0 amide bonds. The molecule has 0 unspecified atom stereocenters. The van der Waals surface area contributed by atoms with Gasteiger partial charge in [-0.3, -0.25) is 0 Å². The normalized spacial score (nSPS) is 18.5. The third-order valence-electron chi connectivity index (χ3n) is 2.28. The van der Waals surface area contributed by atoms with Crippen LogP contribution in [0.5, 0.6) is 0 Å². The Hall–Kier alpha value is -0.820. The van der Waals surface area contributed by atoms with Crippen molar-refractivity contribution < 1.29 is 8.42 Å². The number of nitrogens with two attached hydrogens (primary N) is 1. The molecule has 0 fully saturated rings. The van der Waals surface area contributed by atoms with Gasteiger partial charge in [0.2, 0.25) is 5.95 Å². The van der Waals surface area contributed by atoms with E-state index in [4.69, 9.17) is 5.73 Å². The van der Waals surface area contributed by atoms with E-state index in [1.165, 1.54) is 11.8 Å². The molecular formula is C8H11N3O2S2. The molecular weight excluding hydrogens is 234 g/mol. The lowest BCUT2D eigenvalue weighted by molar-refractivity contribution is 0.589. The highest BCUT2D eigenvalue weighted by atomic mass is 32.2. The molecule has 1 aromatic rings. The average molecular weight is 245 g/mol. The fraction of sp³-hybridized carbons (Fsp3) is 0.500. The van der Waals surface area contributed by atoms with E-state index < -0.39 is 9.84 Å². The summed E-state index contributed by atoms with van der Waals surface area (Å²) in [6, 6.07) is 0. The zero-order chi connectivity index (χ0) is 11.1. The number of hydrogen-bond donors (Lipinski definition) is 1. The van der Waals surface area contributed by atoms with Gasteiger partial charge in [-0.2, -0.15) is 0 Å². The van der Waals surface area contributed by atoms with E-state index in [1.54, 1.807) is 0 Å². The summed E-state index contributed by atoms with van der Waals surface area (Å²) in [6.07, 6.45) is 2.29. The Morgan fingerprint density at radius 3 is 2.80 bits per heavy atom. The summed E-state index contributed by atoms with van der Waals surface area (Å²) >= 11 is 1.40. The second-order valence-corrected chi connectivity index (χ2v) is 6.34. The molecule has 0 saturated carbocycles. The minimum absolute atomic E-state index is 0.0405. The summed E-state index contributed by atoms with van der Waals surface area (Å²) in [5.41, 5.74) is 7.05. The maximum Gasteiger partial charge on any atom is 0.221 e. The second-order valence-electron chi connectivity index (χ2n) is 3.36. The molecule has 1 aliphatic rings. The predicted octanol–water partition coefficient (Wildman–Crippen LogP) is 0.252. The van der Waals surface area contributed by atoms with Crippen molar-refractivity contribution >= 4 is 27.5 Å². The van der Waals surface area contributed by atoms with Crippen molar-refractivity contribution in [2.75, 3.05) is 17.7 Å². The largest absolute Gasteiger partial charge is 0.368 e. The monoisotopic (exact) mass is 245 g/mol. The van der Waals surface area contributed by atoms with Crippen LogP contribution in [0, 0.1) is 0 Å². The average Bonchev–Trinajstić information content (AvgIpc) is 2.17. The van der Waals surface area contributed by atoms with Crippen molar-refractivity contribution in [1.82, 2.24) is 9.97 Å². The fourth-order valence-corrected chi connectivity index (χ4v) is 3.70. The van der Waals surface area contributed by atoms with Gasteiger partial charge in [-0.1, -0.05) is 0 Å². The van der Waals surface area contributed by atoms with Crippen LogP contribution < -0.4 is 5.73 Å². The van der Waals surface area contributed by atoms with Crippen LogP contribution in [0.4, 0.5) is 5.95 Å². The van der Waals surface area contributed by atoms with Gasteiger partial charge in [-0.05, 0) is 6.26 Å². The number of sulfone groups is 1. The first-order chi connectivity index (χ1) is 7.02. The molecule has 0 spiro atoms. The lowest BCUT2D eigenvalue weighted by Crippen LogP contribution is -2.22. The first-order valence-electron chi connectivity index (χ1n) is 4.41. The molecule has 0 atom stereocenters. The molecule has 2 heterocycles. The predicted molar refractivity (Wildman–Crippen MR) is 59.4 cm³/mol. The summed E-state index contributed by atoms with van der Waals surface area (Å²) in [5, 5.41) is 0.681. The van der Waals surface area contributed by atoms with E-state index in [2.05, 4.69) is 9.97 Å². The smallest absolute Gasteiger partial charge is 0.221 e. The van der Waals surface area contributed by atoms with Crippen molar-refractivity contribution in [2.24, 2.45) is 0 Å². The number of nitrogens with zero attached hydrogens (tertiary/aromatic N) is 2. The number of hydrogen-bond acceptors (Lipinski definition) is 6. The van der Waals surface area contributed by atoms with Crippen LogP contribution in [0.1, 0.15) is 11.3 Å². The number of anilines is 1. The first-order valence-corrected chi connectivity index (χ1v) is 7.46. The van der Waals surface area contributed by atoms with E-state index in [-0.39, 0.29) is 17.5 Å². The third-order valence-corrected chi connectivity index (χ3v) is 4.56. The molecule has 0 aromatic carbocycles. The maximum absolute atomic E-state index is 11.5. The summed E-state index contributed by atoms with van der Waals surface area (Å²) in [5.74, 6) is 0.417. The molecule has 2 rings (SSSR count). The molecule has 0 saturated heterocycles. The minimum Gasteiger partial charge on any atom is -0.368 e. The van der Waals surface area contributed by atoms with Crippen LogP contribution >= 0.6 is 11.8 Å². The maximum atomic E-state index is 11.5. The standard InChI is InChI=1S/C8H11N3O2S2/c1-14-7-5-4-15(12,13)3-2-6(5)10-8(9)11-7/h2-4H2,1H3,(H2,9,10,11). The van der Waals surface area contributed by atoms with E-state index in [1.807, 2.05) is 6.26 Å². The number of aryl methyl sites for hydroxylation is 1. The summed E-state index contributed by atoms with van der Waals surface area (Å²) in [7, 11) is -2.98. The Labute approximate surface area is 92.4 Å². The molecule has 15 heavy (non-hydrogen) atoms. The SMILES string of the molecule is CSc1nc(N)nc2c1CS(=O)(=O)CC2. The van der Waals surface area contributed by atoms with Crippen LogP contribution in [0.2, 0.25) is 0 Å². The lowest BCUT2D eigenvalue weighted by atomic mass is 10.2. The molecule has 82 valence electrons. The van der Waals surface area contributed by atoms with Gasteiger partial charge in [0.25, 0.3) is 0 Å². The topological polar surface area (TPSA) is 85.9 Å². The lowest BCUT2D eigenvalue weighted by Gasteiger charge is -2.17. The van der Waals surface area contributed by atoms with Crippen molar-refractivity contribution in [3.63, 3.8) is 0 Å². The number of rotatable bonds is 1. The highest BCUT2D eigenvalue weighted by molar-refractivity contribution is 7.98. The fourth-order valence-electron chi connectivity index (χ4n) is 1.59. The van der Waals surface area contributed by atoms with E-state index in [9.17, 15) is 8.42 Å². The quantitative estimate of drug-likeness (QED) is 0.564. The Bertz CT molecular complexity index is 482. The van der Waals surface area contributed by atoms with Gasteiger partial charge in [0, 0.05) is 12.0 Å². The molecule has 0 aliphatic carbocycles. The molecule has 1 aromatic heterocycles. The van der Waals surface area contributed by atoms with Gasteiger partial charge in [0.05, 0.1) is 17.2 Å². The Kier molecular flexibility index (Phi) is 2.59. The van der Waals surface area contributed by atoms with Gasteiger partial charge < -0.3 is 5.73 Å². The molecule has 1 aliphatic heterocycles. The van der Waals surface area contributed by atoms with E-state index in [0.29, 0.717) is 11.4 Å². The minimum atomic E-state index is -2.98. The second kappa shape index (κ2) is 3.64. The molecule has 0 bridgehead atoms. The van der Waals surface area contributed by atoms with Gasteiger partial charge in [0.15, 0.2) is 9.84 Å². The van der Waals surface area contributed by atoms with Crippen LogP contribution in [0.3, 0.4) is 0 Å². The van der Waals surface area contributed by atoms with Crippen LogP contribution in [0.25, 0.3) is 0 Å². The Morgan fingerprint density at radius 2 is 2.13 bits per heavy atom. The zero-order valence-electron chi connectivity index (χ0n) is 8.23. The molecule has 0 radical (unpaired) electrons. The Morgan fingerprint density at radius 1 is 1.40 bits per heavy atom. The van der Waals surface area contributed by atoms with Gasteiger partial charge in [-0.15, -0.1) is 11.8 Å². The number of thioether (sulfide) groups is 1. The number of aromatic nitrogens is 2. The summed E-state index contributed by atoms with van der Waals surface area (Å²) in [6.45, 7) is 0. The summed E-state index contributed by atoms with van der Waals surface area (Å²) < 4.78 is 22.9. The van der Waals surface area contributed by atoms with Crippen LogP contribution in [-0.2, 0) is 22.0 Å². The van der Waals surface area contributed by atoms with Gasteiger partial charge >= 0.3 is 0 Å². The number of nitrogen functional groups attached to an aromatic ring is 1. The van der Waals surface area contributed by atoms with Gasteiger partial charge in [0.1, 0.15) is 5.03 Å². The highest BCUT2D eigenvalue weighted by Crippen LogP contribution is 2.27. The molecule has 5 nitrogen and oxygen atoms in total. The van der Waals surface area contributed by atoms with Crippen LogP contribution in [-0.4, -0.2) is 30.4 Å². The molecule has 2 N–H and O–H groups in total. The summed E-state index contributed by atoms with van der Waals surface area (Å²) in [4.78, 5) is 8.11.